The minimum atomic E-state index is -3.77. The van der Waals surface area contributed by atoms with Crippen molar-refractivity contribution in [3.63, 3.8) is 0 Å². The summed E-state index contributed by atoms with van der Waals surface area (Å²) >= 11 is 0. The highest BCUT2D eigenvalue weighted by molar-refractivity contribution is 7.89. The lowest BCUT2D eigenvalue weighted by Gasteiger charge is -2.21. The summed E-state index contributed by atoms with van der Waals surface area (Å²) in [6.07, 6.45) is 3.58. The van der Waals surface area contributed by atoms with Gasteiger partial charge in [-0.3, -0.25) is 10.1 Å². The van der Waals surface area contributed by atoms with Gasteiger partial charge < -0.3 is 14.8 Å². The van der Waals surface area contributed by atoms with E-state index in [-0.39, 0.29) is 29.1 Å². The molecular formula is C21H25N3O6S. The quantitative estimate of drug-likeness (QED) is 0.525. The molecule has 2 aliphatic heterocycles. The van der Waals surface area contributed by atoms with Crippen LogP contribution in [0.15, 0.2) is 41.3 Å². The smallest absolute Gasteiger partial charge is 0.293 e. The van der Waals surface area contributed by atoms with Gasteiger partial charge in [0.05, 0.1) is 9.82 Å². The predicted octanol–water partition coefficient (Wildman–Crippen LogP) is 4.06. The first-order valence-electron chi connectivity index (χ1n) is 10.3. The maximum atomic E-state index is 13.0. The average molecular weight is 448 g/mol. The molecule has 0 radical (unpaired) electrons. The van der Waals surface area contributed by atoms with Crippen molar-refractivity contribution in [1.82, 2.24) is 4.31 Å². The molecule has 9 nitrogen and oxygen atoms in total. The van der Waals surface area contributed by atoms with Crippen molar-refractivity contribution in [3.05, 3.63) is 52.1 Å². The molecular weight excluding hydrogens is 422 g/mol. The fourth-order valence-electron chi connectivity index (χ4n) is 3.88. The molecule has 2 heterocycles. The van der Waals surface area contributed by atoms with Crippen molar-refractivity contribution in [2.45, 2.75) is 43.5 Å². The van der Waals surface area contributed by atoms with Crippen molar-refractivity contribution >= 4 is 21.4 Å². The lowest BCUT2D eigenvalue weighted by molar-refractivity contribution is -0.384. The maximum absolute atomic E-state index is 13.0. The standard InChI is InChI=1S/C21H25N3O6S/c1-15(16-6-9-20-21(12-16)30-14-29-20)22-18-8-7-17(13-19(18)24(25)26)31(27,28)23-10-4-2-3-5-11-23/h6-9,12-13,15,22H,2-5,10-11,14H2,1H3/t15-/m1/s1. The highest BCUT2D eigenvalue weighted by Gasteiger charge is 2.28. The number of hydrogen-bond donors (Lipinski definition) is 1. The third-order valence-corrected chi connectivity index (χ3v) is 7.53. The van der Waals surface area contributed by atoms with E-state index < -0.39 is 14.9 Å². The summed E-state index contributed by atoms with van der Waals surface area (Å²) in [6.45, 7) is 2.91. The van der Waals surface area contributed by atoms with E-state index in [4.69, 9.17) is 9.47 Å². The Bertz CT molecular complexity index is 1080. The first-order valence-corrected chi connectivity index (χ1v) is 11.7. The molecule has 166 valence electrons. The van der Waals surface area contributed by atoms with Crippen LogP contribution in [0.4, 0.5) is 11.4 Å². The van der Waals surface area contributed by atoms with Crippen LogP contribution in [0.25, 0.3) is 0 Å². The Balaban J connectivity index is 1.59. The van der Waals surface area contributed by atoms with E-state index in [0.717, 1.165) is 37.3 Å². The summed E-state index contributed by atoms with van der Waals surface area (Å²) in [4.78, 5) is 11.1. The zero-order chi connectivity index (χ0) is 22.0. The SMILES string of the molecule is C[C@@H](Nc1ccc(S(=O)(=O)N2CCCCCC2)cc1[N+](=O)[O-])c1ccc2c(c1)OCO2. The van der Waals surface area contributed by atoms with Gasteiger partial charge in [-0.25, -0.2) is 8.42 Å². The molecule has 0 amide bonds. The number of nitro benzene ring substituents is 1. The van der Waals surface area contributed by atoms with Gasteiger partial charge in [-0.15, -0.1) is 0 Å². The van der Waals surface area contributed by atoms with E-state index in [9.17, 15) is 18.5 Å². The highest BCUT2D eigenvalue weighted by atomic mass is 32.2. The number of benzene rings is 2. The second-order valence-corrected chi connectivity index (χ2v) is 9.67. The fraction of sp³-hybridized carbons (Fsp3) is 0.429. The molecule has 0 spiro atoms. The van der Waals surface area contributed by atoms with Gasteiger partial charge >= 0.3 is 0 Å². The topological polar surface area (TPSA) is 111 Å². The summed E-state index contributed by atoms with van der Waals surface area (Å²) in [5.74, 6) is 1.28. The molecule has 0 saturated carbocycles. The average Bonchev–Trinajstić information content (AvgIpc) is 3.04. The van der Waals surface area contributed by atoms with Crippen LogP contribution in [0.1, 0.15) is 44.2 Å². The summed E-state index contributed by atoms with van der Waals surface area (Å²) in [7, 11) is -3.77. The fourth-order valence-corrected chi connectivity index (χ4v) is 5.41. The van der Waals surface area contributed by atoms with Gasteiger partial charge in [0.15, 0.2) is 11.5 Å². The first kappa shape index (κ1) is 21.4. The first-order chi connectivity index (χ1) is 14.9. The van der Waals surface area contributed by atoms with Gasteiger partial charge in [0.25, 0.3) is 5.69 Å². The zero-order valence-electron chi connectivity index (χ0n) is 17.2. The molecule has 4 rings (SSSR count). The summed E-state index contributed by atoms with van der Waals surface area (Å²) in [5.41, 5.74) is 0.841. The van der Waals surface area contributed by atoms with Crippen molar-refractivity contribution in [2.24, 2.45) is 0 Å². The largest absolute Gasteiger partial charge is 0.454 e. The van der Waals surface area contributed by atoms with Crippen molar-refractivity contribution in [1.29, 1.82) is 0 Å². The lowest BCUT2D eigenvalue weighted by Crippen LogP contribution is -2.32. The van der Waals surface area contributed by atoms with Gasteiger partial charge in [-0.1, -0.05) is 18.9 Å². The molecule has 10 heteroatoms. The molecule has 1 saturated heterocycles. The maximum Gasteiger partial charge on any atom is 0.293 e. The van der Waals surface area contributed by atoms with E-state index >= 15 is 0 Å². The van der Waals surface area contributed by atoms with Gasteiger partial charge in [-0.05, 0) is 49.6 Å². The van der Waals surface area contributed by atoms with Crippen molar-refractivity contribution in [3.8, 4) is 11.5 Å². The number of rotatable bonds is 6. The van der Waals surface area contributed by atoms with Crippen LogP contribution in [0.2, 0.25) is 0 Å². The Labute approximate surface area is 181 Å². The van der Waals surface area contributed by atoms with Crippen LogP contribution in [0.3, 0.4) is 0 Å². The molecule has 1 atom stereocenters. The number of hydrogen-bond acceptors (Lipinski definition) is 7. The van der Waals surface area contributed by atoms with Crippen molar-refractivity contribution < 1.29 is 22.8 Å². The van der Waals surface area contributed by atoms with E-state index in [1.807, 2.05) is 19.1 Å². The molecule has 0 bridgehead atoms. The van der Waals surface area contributed by atoms with E-state index in [1.54, 1.807) is 6.07 Å². The molecule has 0 aliphatic carbocycles. The summed E-state index contributed by atoms with van der Waals surface area (Å²) in [5, 5.41) is 14.8. The molecule has 1 N–H and O–H groups in total. The summed E-state index contributed by atoms with van der Waals surface area (Å²) in [6, 6.07) is 9.24. The number of nitrogens with one attached hydrogen (secondary N) is 1. The molecule has 2 aromatic rings. The molecule has 0 unspecified atom stereocenters. The third-order valence-electron chi connectivity index (χ3n) is 5.64. The minimum Gasteiger partial charge on any atom is -0.454 e. The Morgan fingerprint density at radius 3 is 2.45 bits per heavy atom. The van der Waals surface area contributed by atoms with Crippen LogP contribution in [-0.4, -0.2) is 37.5 Å². The van der Waals surface area contributed by atoms with Crippen LogP contribution in [0, 0.1) is 10.1 Å². The summed E-state index contributed by atoms with van der Waals surface area (Å²) < 4.78 is 38.2. The van der Waals surface area contributed by atoms with Crippen LogP contribution in [0.5, 0.6) is 11.5 Å². The minimum absolute atomic E-state index is 0.0533. The number of fused-ring (bicyclic) bond motifs is 1. The predicted molar refractivity (Wildman–Crippen MR) is 115 cm³/mol. The Morgan fingerprint density at radius 2 is 1.74 bits per heavy atom. The molecule has 0 aromatic heterocycles. The normalized spacial score (nSPS) is 17.7. The Hall–Kier alpha value is -2.85. The van der Waals surface area contributed by atoms with Crippen molar-refractivity contribution in [2.75, 3.05) is 25.2 Å². The molecule has 2 aromatic carbocycles. The second kappa shape index (κ2) is 8.72. The van der Waals surface area contributed by atoms with E-state index in [2.05, 4.69) is 5.32 Å². The number of anilines is 1. The number of ether oxygens (including phenoxy) is 2. The molecule has 2 aliphatic rings. The van der Waals surface area contributed by atoms with Gasteiger partial charge in [0.2, 0.25) is 16.8 Å². The number of nitrogens with zero attached hydrogens (tertiary/aromatic N) is 2. The lowest BCUT2D eigenvalue weighted by atomic mass is 10.1. The molecule has 31 heavy (non-hydrogen) atoms. The number of sulfonamides is 1. The zero-order valence-corrected chi connectivity index (χ0v) is 18.1. The van der Waals surface area contributed by atoms with Crippen LogP contribution >= 0.6 is 0 Å². The van der Waals surface area contributed by atoms with Gasteiger partial charge in [0, 0.05) is 25.2 Å². The van der Waals surface area contributed by atoms with E-state index in [0.29, 0.717) is 24.6 Å². The van der Waals surface area contributed by atoms with Crippen LogP contribution in [-0.2, 0) is 10.0 Å². The van der Waals surface area contributed by atoms with Crippen LogP contribution < -0.4 is 14.8 Å². The Morgan fingerprint density at radius 1 is 1.03 bits per heavy atom. The monoisotopic (exact) mass is 447 g/mol. The third kappa shape index (κ3) is 4.45. The number of nitro groups is 1. The Kier molecular flexibility index (Phi) is 6.01. The van der Waals surface area contributed by atoms with Gasteiger partial charge in [0.1, 0.15) is 5.69 Å². The molecule has 1 fully saturated rings. The second-order valence-electron chi connectivity index (χ2n) is 7.73. The van der Waals surface area contributed by atoms with E-state index in [1.165, 1.54) is 16.4 Å². The highest BCUT2D eigenvalue weighted by Crippen LogP contribution is 2.36. The van der Waals surface area contributed by atoms with Gasteiger partial charge in [-0.2, -0.15) is 4.31 Å².